The summed E-state index contributed by atoms with van der Waals surface area (Å²) in [5, 5.41) is 2.93. The fourth-order valence-corrected chi connectivity index (χ4v) is 3.59. The number of carbonyl (C=O) groups is 2. The molecule has 0 bridgehead atoms. The molecule has 2 amide bonds. The molecule has 0 aliphatic carbocycles. The zero-order valence-corrected chi connectivity index (χ0v) is 19.8. The molecule has 2 rings (SSSR count). The quantitative estimate of drug-likeness (QED) is 0.506. The number of aryl methyl sites for hydroxylation is 2. The first-order chi connectivity index (χ1) is 15.3. The van der Waals surface area contributed by atoms with Crippen molar-refractivity contribution in [2.45, 2.75) is 66.5 Å². The van der Waals surface area contributed by atoms with Crippen LogP contribution < -0.4 is 10.1 Å². The third-order valence-corrected chi connectivity index (χ3v) is 5.60. The monoisotopic (exact) mass is 442 g/mol. The Morgan fingerprint density at radius 2 is 1.78 bits per heavy atom. The molecule has 1 atom stereocenters. The van der Waals surface area contributed by atoms with Crippen molar-refractivity contribution >= 4 is 11.8 Å². The van der Waals surface area contributed by atoms with Crippen molar-refractivity contribution in [3.8, 4) is 5.75 Å². The second-order valence-electron chi connectivity index (χ2n) is 8.21. The average Bonchev–Trinajstić information content (AvgIpc) is 2.76. The summed E-state index contributed by atoms with van der Waals surface area (Å²) in [5.74, 6) is -0.146. The van der Waals surface area contributed by atoms with Gasteiger partial charge in [0.05, 0.1) is 0 Å². The van der Waals surface area contributed by atoms with Crippen LogP contribution in [0.25, 0.3) is 0 Å². The van der Waals surface area contributed by atoms with Gasteiger partial charge in [-0.05, 0) is 74.1 Å². The van der Waals surface area contributed by atoms with E-state index in [-0.39, 0.29) is 30.8 Å². The number of amides is 2. The summed E-state index contributed by atoms with van der Waals surface area (Å²) in [7, 11) is 0. The van der Waals surface area contributed by atoms with Crippen LogP contribution in [0.1, 0.15) is 55.4 Å². The van der Waals surface area contributed by atoms with Crippen LogP contribution in [0.4, 0.5) is 4.39 Å². The highest BCUT2D eigenvalue weighted by Crippen LogP contribution is 2.23. The van der Waals surface area contributed by atoms with E-state index in [1.165, 1.54) is 17.0 Å². The number of carbonyl (C=O) groups excluding carboxylic acids is 2. The Hall–Kier alpha value is -2.89. The van der Waals surface area contributed by atoms with E-state index in [2.05, 4.69) is 18.3 Å². The molecule has 2 aromatic carbocycles. The molecule has 6 heteroatoms. The van der Waals surface area contributed by atoms with Gasteiger partial charge in [0.1, 0.15) is 17.6 Å². The third kappa shape index (κ3) is 7.08. The van der Waals surface area contributed by atoms with Crippen LogP contribution in [-0.2, 0) is 16.1 Å². The number of benzene rings is 2. The molecular weight excluding hydrogens is 407 g/mol. The lowest BCUT2D eigenvalue weighted by Crippen LogP contribution is -2.50. The molecule has 0 saturated heterocycles. The summed E-state index contributed by atoms with van der Waals surface area (Å²) in [4.78, 5) is 27.6. The van der Waals surface area contributed by atoms with E-state index in [1.54, 1.807) is 12.1 Å². The van der Waals surface area contributed by atoms with Gasteiger partial charge in [-0.3, -0.25) is 9.59 Å². The Kier molecular flexibility index (Phi) is 9.69. The Morgan fingerprint density at radius 1 is 1.09 bits per heavy atom. The van der Waals surface area contributed by atoms with Crippen LogP contribution in [0.15, 0.2) is 36.4 Å². The molecule has 0 aliphatic rings. The highest BCUT2D eigenvalue weighted by Gasteiger charge is 2.29. The maximum absolute atomic E-state index is 13.4. The van der Waals surface area contributed by atoms with E-state index in [0.29, 0.717) is 18.7 Å². The molecule has 0 spiro atoms. The number of nitrogens with zero attached hydrogens (tertiary/aromatic N) is 1. The van der Waals surface area contributed by atoms with Crippen molar-refractivity contribution in [3.05, 3.63) is 64.5 Å². The standard InChI is InChI=1S/C26H35FN2O3/c1-6-8-13-28-26(31)23(7-2)29(16-21-9-11-22(27)12-10-21)25(30)17-32-24-15-18(3)14-19(4)20(24)5/h9-12,14-15,23H,6-8,13,16-17H2,1-5H3,(H,28,31). The fraction of sp³-hybridized carbons (Fsp3) is 0.462. The first-order valence-corrected chi connectivity index (χ1v) is 11.3. The van der Waals surface area contributed by atoms with E-state index < -0.39 is 6.04 Å². The van der Waals surface area contributed by atoms with Crippen molar-refractivity contribution in [2.75, 3.05) is 13.2 Å². The first-order valence-electron chi connectivity index (χ1n) is 11.3. The average molecular weight is 443 g/mol. The minimum absolute atomic E-state index is 0.177. The molecule has 0 saturated carbocycles. The van der Waals surface area contributed by atoms with Gasteiger partial charge < -0.3 is 15.0 Å². The lowest BCUT2D eigenvalue weighted by atomic mass is 10.1. The lowest BCUT2D eigenvalue weighted by molar-refractivity contribution is -0.143. The largest absolute Gasteiger partial charge is 0.483 e. The molecule has 0 aliphatic heterocycles. The molecule has 0 aromatic heterocycles. The van der Waals surface area contributed by atoms with E-state index in [4.69, 9.17) is 4.74 Å². The van der Waals surface area contributed by atoms with E-state index in [1.807, 2.05) is 33.8 Å². The van der Waals surface area contributed by atoms with Crippen molar-refractivity contribution in [1.29, 1.82) is 0 Å². The first kappa shape index (κ1) is 25.4. The lowest BCUT2D eigenvalue weighted by Gasteiger charge is -2.30. The van der Waals surface area contributed by atoms with E-state index in [9.17, 15) is 14.0 Å². The number of hydrogen-bond acceptors (Lipinski definition) is 3. The van der Waals surface area contributed by atoms with Gasteiger partial charge in [-0.25, -0.2) is 4.39 Å². The van der Waals surface area contributed by atoms with Crippen molar-refractivity contribution in [3.63, 3.8) is 0 Å². The zero-order valence-electron chi connectivity index (χ0n) is 19.8. The predicted octanol–water partition coefficient (Wildman–Crippen LogP) is 4.85. The topological polar surface area (TPSA) is 58.6 Å². The summed E-state index contributed by atoms with van der Waals surface area (Å²) in [6.07, 6.45) is 2.31. The van der Waals surface area contributed by atoms with Gasteiger partial charge in [0.25, 0.3) is 5.91 Å². The minimum Gasteiger partial charge on any atom is -0.483 e. The number of unbranched alkanes of at least 4 members (excludes halogenated alkanes) is 1. The summed E-state index contributed by atoms with van der Waals surface area (Å²) in [5.41, 5.74) is 3.89. The Morgan fingerprint density at radius 3 is 2.41 bits per heavy atom. The van der Waals surface area contributed by atoms with Crippen LogP contribution in [0, 0.1) is 26.6 Å². The normalized spacial score (nSPS) is 11.7. The summed E-state index contributed by atoms with van der Waals surface area (Å²) in [6, 6.07) is 9.32. The molecule has 5 nitrogen and oxygen atoms in total. The summed E-state index contributed by atoms with van der Waals surface area (Å²) >= 11 is 0. The number of halogens is 1. The Bertz CT molecular complexity index is 912. The second kappa shape index (κ2) is 12.2. The van der Waals surface area contributed by atoms with Crippen molar-refractivity contribution < 1.29 is 18.7 Å². The molecule has 0 fully saturated rings. The van der Waals surface area contributed by atoms with Crippen molar-refractivity contribution in [2.24, 2.45) is 0 Å². The maximum atomic E-state index is 13.4. The maximum Gasteiger partial charge on any atom is 0.261 e. The number of hydrogen-bond donors (Lipinski definition) is 1. The van der Waals surface area contributed by atoms with Crippen LogP contribution in [-0.4, -0.2) is 35.9 Å². The van der Waals surface area contributed by atoms with Gasteiger partial charge in [-0.2, -0.15) is 0 Å². The minimum atomic E-state index is -0.631. The van der Waals surface area contributed by atoms with E-state index >= 15 is 0 Å². The van der Waals surface area contributed by atoms with Gasteiger partial charge in [0.2, 0.25) is 5.91 Å². The summed E-state index contributed by atoms with van der Waals surface area (Å²) in [6.45, 7) is 10.5. The van der Waals surface area contributed by atoms with Crippen molar-refractivity contribution in [1.82, 2.24) is 10.2 Å². The highest BCUT2D eigenvalue weighted by atomic mass is 19.1. The van der Waals surface area contributed by atoms with Gasteiger partial charge in [-0.15, -0.1) is 0 Å². The van der Waals surface area contributed by atoms with Gasteiger partial charge >= 0.3 is 0 Å². The molecule has 1 N–H and O–H groups in total. The molecular formula is C26H35FN2O3. The van der Waals surface area contributed by atoms with Gasteiger partial charge in [-0.1, -0.05) is 38.5 Å². The van der Waals surface area contributed by atoms with Crippen LogP contribution in [0.3, 0.4) is 0 Å². The van der Waals surface area contributed by atoms with Crippen LogP contribution in [0.2, 0.25) is 0 Å². The number of rotatable bonds is 11. The summed E-state index contributed by atoms with van der Waals surface area (Å²) < 4.78 is 19.2. The Labute approximate surface area is 191 Å². The zero-order chi connectivity index (χ0) is 23.7. The molecule has 1 unspecified atom stereocenters. The number of nitrogens with one attached hydrogen (secondary N) is 1. The molecule has 0 heterocycles. The Balaban J connectivity index is 2.22. The van der Waals surface area contributed by atoms with Crippen LogP contribution >= 0.6 is 0 Å². The molecule has 174 valence electrons. The molecule has 2 aromatic rings. The van der Waals surface area contributed by atoms with Gasteiger partial charge in [0, 0.05) is 13.1 Å². The molecule has 0 radical (unpaired) electrons. The number of ether oxygens (including phenoxy) is 1. The van der Waals surface area contributed by atoms with Crippen LogP contribution in [0.5, 0.6) is 5.75 Å². The smallest absolute Gasteiger partial charge is 0.261 e. The second-order valence-corrected chi connectivity index (χ2v) is 8.21. The van der Waals surface area contributed by atoms with E-state index in [0.717, 1.165) is 35.1 Å². The fourth-order valence-electron chi connectivity index (χ4n) is 3.59. The third-order valence-electron chi connectivity index (χ3n) is 5.60. The predicted molar refractivity (Wildman–Crippen MR) is 125 cm³/mol. The highest BCUT2D eigenvalue weighted by molar-refractivity contribution is 5.88. The molecule has 32 heavy (non-hydrogen) atoms. The SMILES string of the molecule is CCCCNC(=O)C(CC)N(Cc1ccc(F)cc1)C(=O)COc1cc(C)cc(C)c1C. The van der Waals surface area contributed by atoms with Gasteiger partial charge in [0.15, 0.2) is 6.61 Å².